The fraction of sp³-hybridized carbons (Fsp3) is 0.222. The van der Waals surface area contributed by atoms with Gasteiger partial charge in [0, 0.05) is 0 Å². The van der Waals surface area contributed by atoms with Crippen LogP contribution in [0, 0.1) is 0 Å². The van der Waals surface area contributed by atoms with Gasteiger partial charge in [0.1, 0.15) is 0 Å². The summed E-state index contributed by atoms with van der Waals surface area (Å²) in [4.78, 5) is 23.6. The second kappa shape index (κ2) is 7.56. The Labute approximate surface area is 134 Å². The standard InChI is InChI=1S/C18H18O5/c1-12(19)16(18(21)22-2)23-17(20)15-10-8-14(9-11-15)13-6-4-3-5-7-13/h3-12,16,19H,1-2H3. The van der Waals surface area contributed by atoms with E-state index in [0.717, 1.165) is 11.1 Å². The fourth-order valence-corrected chi connectivity index (χ4v) is 2.07. The van der Waals surface area contributed by atoms with Crippen LogP contribution in [0.5, 0.6) is 0 Å². The van der Waals surface area contributed by atoms with Gasteiger partial charge < -0.3 is 14.6 Å². The lowest BCUT2D eigenvalue weighted by molar-refractivity contribution is -0.156. The van der Waals surface area contributed by atoms with Gasteiger partial charge in [0.15, 0.2) is 0 Å². The first-order valence-electron chi connectivity index (χ1n) is 7.15. The molecule has 0 radical (unpaired) electrons. The molecule has 0 aromatic heterocycles. The molecule has 0 spiro atoms. The average molecular weight is 314 g/mol. The van der Waals surface area contributed by atoms with E-state index in [0.29, 0.717) is 5.56 Å². The summed E-state index contributed by atoms with van der Waals surface area (Å²) in [6.45, 7) is 1.35. The largest absolute Gasteiger partial charge is 0.466 e. The number of rotatable bonds is 5. The molecular formula is C18H18O5. The quantitative estimate of drug-likeness (QED) is 0.858. The van der Waals surface area contributed by atoms with Gasteiger partial charge in [-0.25, -0.2) is 9.59 Å². The van der Waals surface area contributed by atoms with E-state index in [2.05, 4.69) is 4.74 Å². The van der Waals surface area contributed by atoms with Gasteiger partial charge in [0.25, 0.3) is 0 Å². The number of methoxy groups -OCH3 is 1. The average Bonchev–Trinajstić information content (AvgIpc) is 2.59. The molecule has 2 atom stereocenters. The van der Waals surface area contributed by atoms with E-state index in [1.54, 1.807) is 24.3 Å². The Balaban J connectivity index is 2.12. The summed E-state index contributed by atoms with van der Waals surface area (Å²) in [5.74, 6) is -1.49. The summed E-state index contributed by atoms with van der Waals surface area (Å²) in [6.07, 6.45) is -2.50. The zero-order valence-electron chi connectivity index (χ0n) is 12.9. The van der Waals surface area contributed by atoms with E-state index < -0.39 is 24.1 Å². The molecule has 0 fully saturated rings. The van der Waals surface area contributed by atoms with Crippen LogP contribution in [0.25, 0.3) is 11.1 Å². The van der Waals surface area contributed by atoms with Crippen LogP contribution in [0.15, 0.2) is 54.6 Å². The zero-order valence-corrected chi connectivity index (χ0v) is 12.9. The molecule has 0 saturated carbocycles. The Morgan fingerprint density at radius 3 is 2.04 bits per heavy atom. The molecule has 2 aromatic rings. The van der Waals surface area contributed by atoms with Gasteiger partial charge in [-0.05, 0) is 30.2 Å². The van der Waals surface area contributed by atoms with Crippen molar-refractivity contribution >= 4 is 11.9 Å². The molecule has 120 valence electrons. The molecule has 0 saturated heterocycles. The number of hydrogen-bond acceptors (Lipinski definition) is 5. The van der Waals surface area contributed by atoms with E-state index in [1.807, 2.05) is 30.3 Å². The van der Waals surface area contributed by atoms with Crippen LogP contribution >= 0.6 is 0 Å². The Bertz CT molecular complexity index is 662. The molecule has 0 bridgehead atoms. The van der Waals surface area contributed by atoms with Gasteiger partial charge in [-0.3, -0.25) is 0 Å². The second-order valence-electron chi connectivity index (χ2n) is 5.03. The SMILES string of the molecule is COC(=O)C(OC(=O)c1ccc(-c2ccccc2)cc1)C(C)O. The Kier molecular flexibility index (Phi) is 5.49. The number of aliphatic hydroxyl groups excluding tert-OH is 1. The highest BCUT2D eigenvalue weighted by Gasteiger charge is 2.29. The van der Waals surface area contributed by atoms with Gasteiger partial charge in [-0.1, -0.05) is 42.5 Å². The van der Waals surface area contributed by atoms with Gasteiger partial charge in [0.2, 0.25) is 6.10 Å². The molecule has 0 aliphatic rings. The number of esters is 2. The molecule has 1 N–H and O–H groups in total. The van der Waals surface area contributed by atoms with Crippen LogP contribution in [0.1, 0.15) is 17.3 Å². The van der Waals surface area contributed by atoms with Crippen molar-refractivity contribution in [1.29, 1.82) is 0 Å². The zero-order chi connectivity index (χ0) is 16.8. The van der Waals surface area contributed by atoms with E-state index in [4.69, 9.17) is 4.74 Å². The van der Waals surface area contributed by atoms with Gasteiger partial charge in [-0.15, -0.1) is 0 Å². The van der Waals surface area contributed by atoms with E-state index in [1.165, 1.54) is 14.0 Å². The number of benzene rings is 2. The highest BCUT2D eigenvalue weighted by molar-refractivity contribution is 5.92. The first-order chi connectivity index (χ1) is 11.0. The molecule has 0 heterocycles. The van der Waals surface area contributed by atoms with Gasteiger partial charge >= 0.3 is 11.9 Å². The maximum absolute atomic E-state index is 12.1. The van der Waals surface area contributed by atoms with Crippen molar-refractivity contribution in [3.05, 3.63) is 60.2 Å². The predicted octanol–water partition coefficient (Wildman–Crippen LogP) is 2.43. The highest BCUT2D eigenvalue weighted by atomic mass is 16.6. The van der Waals surface area contributed by atoms with Crippen LogP contribution < -0.4 is 0 Å². The van der Waals surface area contributed by atoms with Gasteiger partial charge in [-0.2, -0.15) is 0 Å². The molecule has 5 nitrogen and oxygen atoms in total. The van der Waals surface area contributed by atoms with Crippen LogP contribution in [0.4, 0.5) is 0 Å². The predicted molar refractivity (Wildman–Crippen MR) is 84.8 cm³/mol. The summed E-state index contributed by atoms with van der Waals surface area (Å²) >= 11 is 0. The summed E-state index contributed by atoms with van der Waals surface area (Å²) < 4.78 is 9.54. The lowest BCUT2D eigenvalue weighted by Gasteiger charge is -2.18. The van der Waals surface area contributed by atoms with Crippen molar-refractivity contribution in [3.63, 3.8) is 0 Å². The summed E-state index contributed by atoms with van der Waals surface area (Å²) in [6, 6.07) is 16.5. The molecule has 0 aliphatic carbocycles. The monoisotopic (exact) mass is 314 g/mol. The van der Waals surface area contributed by atoms with Crippen molar-refractivity contribution in [2.24, 2.45) is 0 Å². The maximum atomic E-state index is 12.1. The summed E-state index contributed by atoms with van der Waals surface area (Å²) in [7, 11) is 1.17. The number of carbonyl (C=O) groups is 2. The van der Waals surface area contributed by atoms with Crippen molar-refractivity contribution in [2.75, 3.05) is 7.11 Å². The maximum Gasteiger partial charge on any atom is 0.349 e. The smallest absolute Gasteiger partial charge is 0.349 e. The second-order valence-corrected chi connectivity index (χ2v) is 5.03. The van der Waals surface area contributed by atoms with Crippen molar-refractivity contribution in [1.82, 2.24) is 0 Å². The van der Waals surface area contributed by atoms with Crippen molar-refractivity contribution < 1.29 is 24.2 Å². The first-order valence-corrected chi connectivity index (χ1v) is 7.15. The number of ether oxygens (including phenoxy) is 2. The van der Waals surface area contributed by atoms with Crippen LogP contribution in [0.2, 0.25) is 0 Å². The fourth-order valence-electron chi connectivity index (χ4n) is 2.07. The molecule has 2 unspecified atom stereocenters. The number of hydrogen-bond donors (Lipinski definition) is 1. The minimum atomic E-state index is -1.35. The molecular weight excluding hydrogens is 296 g/mol. The Morgan fingerprint density at radius 2 is 1.52 bits per heavy atom. The van der Waals surface area contributed by atoms with Crippen LogP contribution in [-0.2, 0) is 14.3 Å². The highest BCUT2D eigenvalue weighted by Crippen LogP contribution is 2.20. The molecule has 23 heavy (non-hydrogen) atoms. The minimum Gasteiger partial charge on any atom is -0.466 e. The summed E-state index contributed by atoms with van der Waals surface area (Å²) in [5, 5.41) is 9.52. The molecule has 5 heteroatoms. The number of carbonyl (C=O) groups excluding carboxylic acids is 2. The third-order valence-corrected chi connectivity index (χ3v) is 3.33. The topological polar surface area (TPSA) is 72.8 Å². The van der Waals surface area contributed by atoms with Crippen LogP contribution in [-0.4, -0.2) is 36.4 Å². The van der Waals surface area contributed by atoms with Crippen LogP contribution in [0.3, 0.4) is 0 Å². The lowest BCUT2D eigenvalue weighted by Crippen LogP contribution is -2.37. The molecule has 0 amide bonds. The third-order valence-electron chi connectivity index (χ3n) is 3.33. The normalized spacial score (nSPS) is 13.0. The third kappa shape index (κ3) is 4.17. The van der Waals surface area contributed by atoms with E-state index in [-0.39, 0.29) is 0 Å². The minimum absolute atomic E-state index is 0.291. The Morgan fingerprint density at radius 1 is 0.957 bits per heavy atom. The van der Waals surface area contributed by atoms with Crippen molar-refractivity contribution in [2.45, 2.75) is 19.1 Å². The molecule has 0 aliphatic heterocycles. The lowest BCUT2D eigenvalue weighted by atomic mass is 10.0. The summed E-state index contributed by atoms with van der Waals surface area (Å²) in [5.41, 5.74) is 2.28. The number of aliphatic hydroxyl groups is 1. The van der Waals surface area contributed by atoms with Crippen molar-refractivity contribution in [3.8, 4) is 11.1 Å². The van der Waals surface area contributed by atoms with Gasteiger partial charge in [0.05, 0.1) is 18.8 Å². The molecule has 2 rings (SSSR count). The van der Waals surface area contributed by atoms with E-state index in [9.17, 15) is 14.7 Å². The first kappa shape index (κ1) is 16.7. The van der Waals surface area contributed by atoms with E-state index >= 15 is 0 Å². The molecule has 2 aromatic carbocycles. The Hall–Kier alpha value is -2.66.